The molecule has 0 aromatic heterocycles. The van der Waals surface area contributed by atoms with Gasteiger partial charge < -0.3 is 31.0 Å². The van der Waals surface area contributed by atoms with Crippen molar-refractivity contribution in [2.24, 2.45) is 0 Å². The molecule has 1 fully saturated rings. The van der Waals surface area contributed by atoms with Crippen LogP contribution in [0.5, 0.6) is 17.2 Å². The zero-order valence-electron chi connectivity index (χ0n) is 22.6. The number of para-hydroxylation sites is 3. The zero-order chi connectivity index (χ0) is 26.9. The lowest BCUT2D eigenvalue weighted by molar-refractivity contribution is 0.116. The van der Waals surface area contributed by atoms with E-state index in [1.54, 1.807) is 0 Å². The molecule has 3 aromatic rings. The van der Waals surface area contributed by atoms with E-state index >= 15 is 0 Å². The molecule has 204 valence electrons. The van der Waals surface area contributed by atoms with E-state index in [-0.39, 0.29) is 6.10 Å². The number of benzene rings is 3. The molecule has 0 saturated carbocycles. The van der Waals surface area contributed by atoms with Gasteiger partial charge in [0.1, 0.15) is 23.4 Å². The van der Waals surface area contributed by atoms with E-state index in [4.69, 9.17) is 31.0 Å². The molecule has 0 N–H and O–H groups in total. The summed E-state index contributed by atoms with van der Waals surface area (Å²) in [5.41, 5.74) is 0. The van der Waals surface area contributed by atoms with Gasteiger partial charge in [0, 0.05) is 6.61 Å². The summed E-state index contributed by atoms with van der Waals surface area (Å²) in [5, 5.41) is 0. The summed E-state index contributed by atoms with van der Waals surface area (Å²) in [6.45, 7) is 10.7. The lowest BCUT2D eigenvalue weighted by atomic mass is 10.3. The highest BCUT2D eigenvalue weighted by Crippen LogP contribution is 2.30. The minimum Gasteiger partial charge on any atom is -0.462 e. The molecule has 4 rings (SSSR count). The monoisotopic (exact) mass is 570 g/mol. The van der Waals surface area contributed by atoms with Gasteiger partial charge in [-0.15, -0.1) is 0 Å². The van der Waals surface area contributed by atoms with Crippen molar-refractivity contribution < 1.29 is 31.0 Å². The van der Waals surface area contributed by atoms with Crippen LogP contribution in [0.3, 0.4) is 0 Å². The van der Waals surface area contributed by atoms with Gasteiger partial charge in [0.05, 0.1) is 13.2 Å². The highest BCUT2D eigenvalue weighted by atomic mass is 28.5. The fourth-order valence-corrected chi connectivity index (χ4v) is 15.6. The first kappa shape index (κ1) is 28.6. The van der Waals surface area contributed by atoms with E-state index in [1.165, 1.54) is 0 Å². The molecule has 0 amide bonds. The molecule has 10 heteroatoms. The maximum Gasteiger partial charge on any atom is 0.884 e. The van der Waals surface area contributed by atoms with Gasteiger partial charge in [0.25, 0.3) is 0 Å². The molecular weight excluding hydrogens is 533 g/mol. The molecule has 0 aliphatic carbocycles. The topological polar surface area (TPSA) is 67.9 Å². The highest BCUT2D eigenvalue weighted by molar-refractivity contribution is 6.85. The maximum atomic E-state index is 6.82. The van der Waals surface area contributed by atoms with Crippen molar-refractivity contribution in [1.82, 2.24) is 0 Å². The van der Waals surface area contributed by atoms with Crippen molar-refractivity contribution in [2.75, 3.05) is 19.8 Å². The molecule has 1 atom stereocenters. The summed E-state index contributed by atoms with van der Waals surface area (Å²) in [5.74, 6) is 1.80. The van der Waals surface area contributed by atoms with Crippen molar-refractivity contribution in [3.8, 4) is 17.2 Å². The third kappa shape index (κ3) is 9.70. The van der Waals surface area contributed by atoms with E-state index in [0.717, 1.165) is 19.1 Å². The van der Waals surface area contributed by atoms with Crippen LogP contribution >= 0.6 is 0 Å². The van der Waals surface area contributed by atoms with Crippen molar-refractivity contribution in [2.45, 2.75) is 44.8 Å². The normalized spacial score (nSPS) is 15.6. The summed E-state index contributed by atoms with van der Waals surface area (Å²) >= 11 is 0. The van der Waals surface area contributed by atoms with Crippen molar-refractivity contribution in [3.63, 3.8) is 0 Å². The van der Waals surface area contributed by atoms with Crippen LogP contribution < -0.4 is 13.3 Å². The quantitative estimate of drug-likeness (QED) is 0.112. The van der Waals surface area contributed by atoms with Gasteiger partial charge in [-0.2, -0.15) is 0 Å². The van der Waals surface area contributed by atoms with Gasteiger partial charge in [-0.1, -0.05) is 54.6 Å². The number of epoxide rings is 1. The molecule has 1 saturated heterocycles. The average molecular weight is 571 g/mol. The van der Waals surface area contributed by atoms with Crippen LogP contribution in [0.1, 0.15) is 6.42 Å². The molecule has 0 spiro atoms. The molecule has 1 aliphatic rings. The predicted octanol–water partition coefficient (Wildman–Crippen LogP) is 6.40. The lowest BCUT2D eigenvalue weighted by Crippen LogP contribution is -2.64. The van der Waals surface area contributed by atoms with Gasteiger partial charge in [-0.05, 0) is 75.1 Å². The summed E-state index contributed by atoms with van der Waals surface area (Å²) in [6, 6.07) is 29.4. The third-order valence-electron chi connectivity index (χ3n) is 5.62. The maximum absolute atomic E-state index is 6.82. The van der Waals surface area contributed by atoms with E-state index in [1.807, 2.05) is 104 Å². The van der Waals surface area contributed by atoms with Crippen LogP contribution in [0.2, 0.25) is 32.2 Å². The second-order valence-electron chi connectivity index (χ2n) is 10.2. The smallest absolute Gasteiger partial charge is 0.462 e. The fraction of sp³-hybridized carbons (Fsp3) is 0.357. The number of rotatable bonds is 16. The molecule has 1 heterocycles. The molecule has 0 bridgehead atoms. The minimum absolute atomic E-state index is 0.285. The second kappa shape index (κ2) is 13.1. The average Bonchev–Trinajstić information content (AvgIpc) is 3.69. The van der Waals surface area contributed by atoms with Crippen LogP contribution in [-0.2, 0) is 17.7 Å². The van der Waals surface area contributed by atoms with Gasteiger partial charge in [0.2, 0.25) is 0 Å². The summed E-state index contributed by atoms with van der Waals surface area (Å²) in [4.78, 5) is 0. The van der Waals surface area contributed by atoms with Crippen LogP contribution in [-0.4, -0.2) is 51.9 Å². The van der Waals surface area contributed by atoms with E-state index in [9.17, 15) is 0 Å². The Hall–Kier alpha value is -2.45. The number of ether oxygens (including phenoxy) is 2. The Kier molecular flexibility index (Phi) is 9.82. The Balaban J connectivity index is 1.54. The van der Waals surface area contributed by atoms with Crippen molar-refractivity contribution in [1.29, 1.82) is 0 Å². The van der Waals surface area contributed by atoms with Crippen molar-refractivity contribution in [3.05, 3.63) is 91.0 Å². The first-order valence-corrected chi connectivity index (χ1v) is 20.6. The van der Waals surface area contributed by atoms with Crippen LogP contribution in [0.4, 0.5) is 0 Å². The highest BCUT2D eigenvalue weighted by Gasteiger charge is 2.60. The Labute approximate surface area is 229 Å². The standard InChI is InChI=1S/C28H38O7Si3/c1-36(2,22-14-21-29-23-28-24-30-28)34-37(3,4)35-38(31-25-15-8-5-9-16-25,32-26-17-10-6-11-18-26)33-27-19-12-7-13-20-27/h5-13,15-20,28H,14,21-24H2,1-4H3. The summed E-state index contributed by atoms with van der Waals surface area (Å²) in [6.07, 6.45) is 1.22. The van der Waals surface area contributed by atoms with Gasteiger partial charge in [-0.3, -0.25) is 0 Å². The summed E-state index contributed by atoms with van der Waals surface area (Å²) in [7, 11) is -8.80. The van der Waals surface area contributed by atoms with Gasteiger partial charge in [-0.25, -0.2) is 0 Å². The second-order valence-corrected chi connectivity index (χ2v) is 20.3. The summed E-state index contributed by atoms with van der Waals surface area (Å²) < 4.78 is 44.1. The minimum atomic E-state index is -3.88. The molecule has 1 aliphatic heterocycles. The van der Waals surface area contributed by atoms with Crippen LogP contribution in [0, 0.1) is 0 Å². The number of hydrogen-bond acceptors (Lipinski definition) is 7. The van der Waals surface area contributed by atoms with E-state index < -0.39 is 25.9 Å². The van der Waals surface area contributed by atoms with Crippen LogP contribution in [0.25, 0.3) is 0 Å². The number of hydrogen-bond donors (Lipinski definition) is 0. The van der Waals surface area contributed by atoms with E-state index in [2.05, 4.69) is 13.1 Å². The first-order chi connectivity index (χ1) is 18.2. The molecule has 1 unspecified atom stereocenters. The van der Waals surface area contributed by atoms with Gasteiger partial charge >= 0.3 is 17.6 Å². The van der Waals surface area contributed by atoms with Gasteiger partial charge in [0.15, 0.2) is 8.32 Å². The van der Waals surface area contributed by atoms with E-state index in [0.29, 0.717) is 30.5 Å². The predicted molar refractivity (Wildman–Crippen MR) is 154 cm³/mol. The Morgan fingerprint density at radius 1 is 0.684 bits per heavy atom. The first-order valence-electron chi connectivity index (χ1n) is 13.0. The SMILES string of the molecule is C[Si](C)(CCCOCC1CO1)O[Si](C)(C)O[Si](Oc1ccccc1)(Oc1ccccc1)Oc1ccccc1. The Morgan fingerprint density at radius 3 is 1.55 bits per heavy atom. The molecule has 7 nitrogen and oxygen atoms in total. The zero-order valence-corrected chi connectivity index (χ0v) is 25.6. The Morgan fingerprint density at radius 2 is 1.13 bits per heavy atom. The van der Waals surface area contributed by atoms with Crippen LogP contribution in [0.15, 0.2) is 91.0 Å². The Bertz CT molecular complexity index is 996. The lowest BCUT2D eigenvalue weighted by Gasteiger charge is -2.38. The molecular formula is C28H38O7Si3. The largest absolute Gasteiger partial charge is 0.884 e. The molecule has 3 aromatic carbocycles. The fourth-order valence-electron chi connectivity index (χ4n) is 4.04. The van der Waals surface area contributed by atoms with Crippen molar-refractivity contribution >= 4 is 25.9 Å². The third-order valence-corrected chi connectivity index (χ3v) is 15.8. The molecule has 38 heavy (non-hydrogen) atoms. The molecule has 0 radical (unpaired) electrons.